The van der Waals surface area contributed by atoms with Crippen LogP contribution in [0.1, 0.15) is 97.3 Å². The fraction of sp³-hybridized carbons (Fsp3) is 0.833. The molecule has 0 radical (unpaired) electrons. The molecule has 7 rings (SSSR count). The van der Waals surface area contributed by atoms with Crippen molar-refractivity contribution in [3.05, 3.63) is 35.3 Å². The zero-order valence-corrected chi connectivity index (χ0v) is 34.0. The molecule has 3 aliphatic carbocycles. The van der Waals surface area contributed by atoms with Crippen LogP contribution in [-0.4, -0.2) is 123 Å². The lowest BCUT2D eigenvalue weighted by atomic mass is 9.49. The number of ketones is 1. The molecule has 3 aliphatic heterocycles. The van der Waals surface area contributed by atoms with E-state index >= 15 is 0 Å². The number of methoxy groups -OCH3 is 3. The molecule has 1 aromatic rings. The number of Topliss-reactive ketones (excluding diaryl/α,β-unsaturated/α-hetero) is 1. The van der Waals surface area contributed by atoms with Gasteiger partial charge < -0.3 is 57.3 Å². The largest absolute Gasteiger partial charge is 0.469 e. The van der Waals surface area contributed by atoms with Gasteiger partial charge in [0.15, 0.2) is 18.9 Å². The van der Waals surface area contributed by atoms with E-state index < -0.39 is 73.1 Å². The average molecular weight is 777 g/mol. The number of carbonyl (C=O) groups is 1. The highest BCUT2D eigenvalue weighted by atomic mass is 16.7. The summed E-state index contributed by atoms with van der Waals surface area (Å²) in [7, 11) is 4.88. The number of allylic oxidation sites excluding steroid dienone is 1. The number of rotatable bonds is 10. The van der Waals surface area contributed by atoms with Crippen LogP contribution in [0, 0.1) is 24.2 Å². The maximum absolute atomic E-state index is 14.1. The topological polar surface area (TPSA) is 154 Å². The predicted octanol–water partition coefficient (Wildman–Crippen LogP) is 4.90. The van der Waals surface area contributed by atoms with Crippen molar-refractivity contribution in [2.75, 3.05) is 21.3 Å². The molecule has 2 saturated carbocycles. The predicted molar refractivity (Wildman–Crippen MR) is 198 cm³/mol. The summed E-state index contributed by atoms with van der Waals surface area (Å²) in [6, 6.07) is 1.95. The SMILES string of the molecule is CO[C@H]1C[C@H](O[C@H]2[C@H](C)O[C@@H](O[C@@H]3[C@@H](OC)C[C@H](O[C@H]4CC5=CC[C@H]6C(=O)[C@@](C)(c7ccoc7C)CC[C@@H]6[C@]5(C)C[C@H]4O)O[C@@H]3C)C[C@@H]2OC)O[C@H](C)[C@H]1O. The van der Waals surface area contributed by atoms with Crippen LogP contribution in [-0.2, 0) is 52.8 Å². The molecule has 13 nitrogen and oxygen atoms in total. The molecular formula is C42H64O13. The number of aliphatic hydroxyl groups excluding tert-OH is 2. The van der Waals surface area contributed by atoms with Gasteiger partial charge in [0.1, 0.15) is 29.9 Å². The van der Waals surface area contributed by atoms with E-state index in [4.69, 9.17) is 47.0 Å². The first kappa shape index (κ1) is 41.4. The smallest absolute Gasteiger partial charge is 0.161 e. The lowest BCUT2D eigenvalue weighted by Crippen LogP contribution is -2.57. The summed E-state index contributed by atoms with van der Waals surface area (Å²) in [5.74, 6) is 1.18. The summed E-state index contributed by atoms with van der Waals surface area (Å²) in [5.41, 5.74) is 1.43. The first-order valence-electron chi connectivity index (χ1n) is 20.4. The van der Waals surface area contributed by atoms with Crippen LogP contribution in [0.25, 0.3) is 0 Å². The first-order chi connectivity index (χ1) is 26.2. The Labute approximate surface area is 325 Å². The highest BCUT2D eigenvalue weighted by Gasteiger charge is 2.57. The van der Waals surface area contributed by atoms with Gasteiger partial charge in [-0.1, -0.05) is 18.6 Å². The Morgan fingerprint density at radius 3 is 1.91 bits per heavy atom. The minimum absolute atomic E-state index is 0.0875. The molecule has 310 valence electrons. The highest BCUT2D eigenvalue weighted by molar-refractivity contribution is 5.93. The number of aryl methyl sites for hydroxylation is 1. The van der Waals surface area contributed by atoms with Crippen molar-refractivity contribution >= 4 is 5.78 Å². The van der Waals surface area contributed by atoms with Gasteiger partial charge in [0.05, 0.1) is 60.5 Å². The number of furan rings is 1. The van der Waals surface area contributed by atoms with Gasteiger partial charge >= 0.3 is 0 Å². The van der Waals surface area contributed by atoms with Crippen molar-refractivity contribution in [2.45, 2.75) is 184 Å². The highest BCUT2D eigenvalue weighted by Crippen LogP contribution is 2.59. The minimum atomic E-state index is -0.731. The third kappa shape index (κ3) is 7.78. The van der Waals surface area contributed by atoms with Crippen LogP contribution in [0.2, 0.25) is 0 Å². The Balaban J connectivity index is 0.949. The molecule has 6 aliphatic rings. The third-order valence-corrected chi connectivity index (χ3v) is 14.2. The van der Waals surface area contributed by atoms with E-state index in [1.165, 1.54) is 5.57 Å². The van der Waals surface area contributed by atoms with Gasteiger partial charge in [0.25, 0.3) is 0 Å². The molecule has 0 amide bonds. The monoisotopic (exact) mass is 776 g/mol. The molecule has 0 spiro atoms. The van der Waals surface area contributed by atoms with Crippen LogP contribution in [0.3, 0.4) is 0 Å². The Bertz CT molecular complexity index is 1510. The average Bonchev–Trinajstić information content (AvgIpc) is 3.59. The number of fused-ring (bicyclic) bond motifs is 3. The standard InChI is InChI=1S/C42H64O13/c1-21-27(13-15-49-21)41(5)14-12-28-26(40(41)45)11-10-25-16-30(29(43)20-42(25,28)6)53-34-18-32(47-8)38(23(3)51-34)55-36-19-33(48-9)39(24(4)52-36)54-35-17-31(46-7)37(44)22(2)50-35/h10,13,15,22-24,26,28-39,43-44H,11-12,14,16-20H2,1-9H3/t22-,23-,24+,26-,28+,29-,30+,31+,32+,33+,34+,35+,36+,37-,38+,39+,41-,42-/m1/s1. The van der Waals surface area contributed by atoms with Crippen molar-refractivity contribution in [1.29, 1.82) is 0 Å². The molecule has 3 saturated heterocycles. The molecule has 0 bridgehead atoms. The summed E-state index contributed by atoms with van der Waals surface area (Å²) >= 11 is 0. The summed E-state index contributed by atoms with van der Waals surface area (Å²) in [4.78, 5) is 14.1. The van der Waals surface area contributed by atoms with Gasteiger partial charge in [-0.2, -0.15) is 0 Å². The lowest BCUT2D eigenvalue weighted by molar-refractivity contribution is -0.339. The van der Waals surface area contributed by atoms with Crippen LogP contribution in [0.5, 0.6) is 0 Å². The van der Waals surface area contributed by atoms with E-state index in [1.807, 2.05) is 26.8 Å². The molecule has 0 aromatic carbocycles. The Morgan fingerprint density at radius 2 is 1.35 bits per heavy atom. The Morgan fingerprint density at radius 1 is 0.782 bits per heavy atom. The normalized spacial score (nSPS) is 47.8. The molecule has 2 N–H and O–H groups in total. The van der Waals surface area contributed by atoms with Crippen LogP contribution in [0.15, 0.2) is 28.4 Å². The molecule has 55 heavy (non-hydrogen) atoms. The molecule has 5 fully saturated rings. The molecule has 4 heterocycles. The zero-order valence-electron chi connectivity index (χ0n) is 34.0. The number of hydrogen-bond donors (Lipinski definition) is 2. The number of carbonyl (C=O) groups excluding carboxylic acids is 1. The molecule has 0 unspecified atom stereocenters. The second kappa shape index (κ2) is 16.5. The van der Waals surface area contributed by atoms with E-state index in [0.29, 0.717) is 38.5 Å². The van der Waals surface area contributed by atoms with Crippen molar-refractivity contribution in [3.63, 3.8) is 0 Å². The van der Waals surface area contributed by atoms with Gasteiger partial charge in [-0.05, 0) is 84.1 Å². The summed E-state index contributed by atoms with van der Waals surface area (Å²) in [6.45, 7) is 11.9. The van der Waals surface area contributed by atoms with Crippen LogP contribution >= 0.6 is 0 Å². The molecule has 1 aromatic heterocycles. The Hall–Kier alpha value is -1.75. The lowest BCUT2D eigenvalue weighted by Gasteiger charge is -2.55. The maximum Gasteiger partial charge on any atom is 0.161 e. The van der Waals surface area contributed by atoms with Crippen molar-refractivity contribution in [1.82, 2.24) is 0 Å². The van der Waals surface area contributed by atoms with E-state index in [-0.39, 0.29) is 41.3 Å². The van der Waals surface area contributed by atoms with E-state index in [1.54, 1.807) is 34.5 Å². The van der Waals surface area contributed by atoms with Gasteiger partial charge in [0.2, 0.25) is 0 Å². The van der Waals surface area contributed by atoms with Crippen LogP contribution in [0.4, 0.5) is 0 Å². The third-order valence-electron chi connectivity index (χ3n) is 14.2. The van der Waals surface area contributed by atoms with Crippen LogP contribution < -0.4 is 0 Å². The maximum atomic E-state index is 14.1. The summed E-state index contributed by atoms with van der Waals surface area (Å²) in [6.07, 6.45) is 1.84. The van der Waals surface area contributed by atoms with E-state index in [2.05, 4.69) is 19.9 Å². The second-order valence-electron chi connectivity index (χ2n) is 17.4. The second-order valence-corrected chi connectivity index (χ2v) is 17.4. The molecule has 18 atom stereocenters. The summed E-state index contributed by atoms with van der Waals surface area (Å²) in [5, 5.41) is 22.0. The van der Waals surface area contributed by atoms with Gasteiger partial charge in [-0.3, -0.25) is 4.79 Å². The quantitative estimate of drug-likeness (QED) is 0.310. The minimum Gasteiger partial charge on any atom is -0.469 e. The Kier molecular flexibility index (Phi) is 12.4. The van der Waals surface area contributed by atoms with Gasteiger partial charge in [-0.25, -0.2) is 0 Å². The van der Waals surface area contributed by atoms with E-state index in [0.717, 1.165) is 24.2 Å². The summed E-state index contributed by atoms with van der Waals surface area (Å²) < 4.78 is 61.1. The number of aliphatic hydroxyl groups is 2. The van der Waals surface area contributed by atoms with E-state index in [9.17, 15) is 15.0 Å². The van der Waals surface area contributed by atoms with Gasteiger partial charge in [-0.15, -0.1) is 0 Å². The first-order valence-corrected chi connectivity index (χ1v) is 20.4. The number of hydrogen-bond acceptors (Lipinski definition) is 13. The van der Waals surface area contributed by atoms with Crippen molar-refractivity contribution < 1.29 is 62.1 Å². The van der Waals surface area contributed by atoms with Crippen molar-refractivity contribution in [2.24, 2.45) is 17.3 Å². The fourth-order valence-electron chi connectivity index (χ4n) is 10.9. The van der Waals surface area contributed by atoms with Crippen molar-refractivity contribution in [3.8, 4) is 0 Å². The fourth-order valence-corrected chi connectivity index (χ4v) is 10.9. The zero-order chi connectivity index (χ0) is 39.4. The number of ether oxygens (including phenoxy) is 9. The van der Waals surface area contributed by atoms with Gasteiger partial charge in [0, 0.05) is 52.1 Å². The molecular weight excluding hydrogens is 712 g/mol. The molecule has 13 heteroatoms.